The van der Waals surface area contributed by atoms with Gasteiger partial charge in [0, 0.05) is 6.21 Å². The van der Waals surface area contributed by atoms with Crippen LogP contribution in [0.5, 0.6) is 0 Å². The molecule has 0 atom stereocenters. The Bertz CT molecular complexity index is 649. The van der Waals surface area contributed by atoms with E-state index in [0.29, 0.717) is 0 Å². The Morgan fingerprint density at radius 1 is 1.14 bits per heavy atom. The zero-order valence-electron chi connectivity index (χ0n) is 14.5. The summed E-state index contributed by atoms with van der Waals surface area (Å²) in [5.74, 6) is 0. The molecule has 22 heavy (non-hydrogen) atoms. The summed E-state index contributed by atoms with van der Waals surface area (Å²) in [6.45, 7) is 22.2. The fraction of sp³-hybridized carbons (Fsp3) is 0.286. The molecule has 1 heteroatoms. The lowest BCUT2D eigenvalue weighted by atomic mass is 9.83. The third-order valence-electron chi connectivity index (χ3n) is 3.59. The van der Waals surface area contributed by atoms with Gasteiger partial charge in [-0.25, -0.2) is 0 Å². The lowest BCUT2D eigenvalue weighted by molar-refractivity contribution is 0.510. The van der Waals surface area contributed by atoms with Crippen LogP contribution in [0.2, 0.25) is 0 Å². The second kappa shape index (κ2) is 7.22. The number of rotatable bonds is 3. The van der Waals surface area contributed by atoms with E-state index in [1.807, 2.05) is 18.3 Å². The minimum atomic E-state index is 0.147. The topological polar surface area (TPSA) is 12.4 Å². The van der Waals surface area contributed by atoms with Crippen molar-refractivity contribution in [3.8, 4) is 0 Å². The van der Waals surface area contributed by atoms with Gasteiger partial charge in [0.1, 0.15) is 0 Å². The smallest absolute Gasteiger partial charge is 0.0705 e. The number of benzene rings is 1. The minimum Gasteiger partial charge on any atom is -0.256 e. The predicted octanol–water partition coefficient (Wildman–Crippen LogP) is 6.14. The van der Waals surface area contributed by atoms with E-state index < -0.39 is 0 Å². The summed E-state index contributed by atoms with van der Waals surface area (Å²) < 4.78 is 0. The zero-order chi connectivity index (χ0) is 16.9. The average molecular weight is 293 g/mol. The van der Waals surface area contributed by atoms with Crippen LogP contribution in [-0.4, -0.2) is 6.21 Å². The molecule has 1 aromatic carbocycles. The van der Waals surface area contributed by atoms with Gasteiger partial charge in [0.25, 0.3) is 0 Å². The monoisotopic (exact) mass is 293 g/mol. The van der Waals surface area contributed by atoms with Crippen molar-refractivity contribution in [1.82, 2.24) is 0 Å². The molecule has 0 aliphatic carbocycles. The fourth-order valence-corrected chi connectivity index (χ4v) is 1.89. The van der Waals surface area contributed by atoms with Crippen LogP contribution in [0.15, 0.2) is 71.9 Å². The molecule has 1 aliphatic rings. The molecule has 0 amide bonds. The molecule has 0 saturated heterocycles. The maximum absolute atomic E-state index is 4.17. The highest BCUT2D eigenvalue weighted by atomic mass is 14.8. The first-order valence-corrected chi connectivity index (χ1v) is 7.50. The summed E-state index contributed by atoms with van der Waals surface area (Å²) in [5.41, 5.74) is 7.02. The van der Waals surface area contributed by atoms with Crippen molar-refractivity contribution in [1.29, 1.82) is 0 Å². The van der Waals surface area contributed by atoms with Crippen LogP contribution >= 0.6 is 0 Å². The van der Waals surface area contributed by atoms with Crippen LogP contribution in [0.25, 0.3) is 5.57 Å². The minimum absolute atomic E-state index is 0.147. The largest absolute Gasteiger partial charge is 0.256 e. The third-order valence-corrected chi connectivity index (χ3v) is 3.59. The van der Waals surface area contributed by atoms with Crippen LogP contribution in [0, 0.1) is 12.3 Å². The van der Waals surface area contributed by atoms with Gasteiger partial charge >= 0.3 is 0 Å². The zero-order valence-corrected chi connectivity index (χ0v) is 14.5. The van der Waals surface area contributed by atoms with Gasteiger partial charge in [0.15, 0.2) is 0 Å². The van der Waals surface area contributed by atoms with Crippen molar-refractivity contribution >= 4 is 11.8 Å². The van der Waals surface area contributed by atoms with E-state index in [0.717, 1.165) is 22.4 Å². The van der Waals surface area contributed by atoms with Crippen molar-refractivity contribution in [3.63, 3.8) is 0 Å². The summed E-state index contributed by atoms with van der Waals surface area (Å²) in [5, 5.41) is 0. The predicted molar refractivity (Wildman–Crippen MR) is 100 cm³/mol. The second-order valence-corrected chi connectivity index (χ2v) is 6.62. The van der Waals surface area contributed by atoms with Gasteiger partial charge < -0.3 is 0 Å². The lowest BCUT2D eigenvalue weighted by Crippen LogP contribution is -2.14. The SMILES string of the molecule is C=C(C1=C(C)C=N1)C(C)(C)C.C=CC(=C)c1cccc(C)c1. The first-order valence-electron chi connectivity index (χ1n) is 7.50. The number of hydrogen-bond acceptors (Lipinski definition) is 1. The molecule has 0 aromatic heterocycles. The first-order chi connectivity index (χ1) is 10.2. The molecule has 1 heterocycles. The van der Waals surface area contributed by atoms with E-state index in [9.17, 15) is 0 Å². The summed E-state index contributed by atoms with van der Waals surface area (Å²) in [4.78, 5) is 4.17. The molecule has 1 aromatic rings. The van der Waals surface area contributed by atoms with Crippen molar-refractivity contribution in [2.75, 3.05) is 0 Å². The Morgan fingerprint density at radius 2 is 1.77 bits per heavy atom. The molecule has 1 aliphatic heterocycles. The van der Waals surface area contributed by atoms with Gasteiger partial charge in [-0.3, -0.25) is 4.99 Å². The van der Waals surface area contributed by atoms with Gasteiger partial charge in [-0.05, 0) is 41.5 Å². The van der Waals surface area contributed by atoms with Gasteiger partial charge in [0.2, 0.25) is 0 Å². The second-order valence-electron chi connectivity index (χ2n) is 6.62. The summed E-state index contributed by atoms with van der Waals surface area (Å²) in [6.07, 6.45) is 3.65. The normalized spacial score (nSPS) is 13.0. The van der Waals surface area contributed by atoms with Crippen molar-refractivity contribution in [3.05, 3.63) is 78.0 Å². The highest BCUT2D eigenvalue weighted by Gasteiger charge is 2.21. The first kappa shape index (κ1) is 17.9. The van der Waals surface area contributed by atoms with Crippen LogP contribution < -0.4 is 0 Å². The molecule has 116 valence electrons. The van der Waals surface area contributed by atoms with Crippen molar-refractivity contribution in [2.45, 2.75) is 34.6 Å². The molecule has 0 saturated carbocycles. The van der Waals surface area contributed by atoms with E-state index in [1.54, 1.807) is 6.08 Å². The number of aliphatic imine (C=N–C) groups is 1. The molecule has 2 rings (SSSR count). The molecule has 1 nitrogen and oxygen atoms in total. The molecular formula is C21H27N. The Morgan fingerprint density at radius 3 is 2.09 bits per heavy atom. The molecule has 0 spiro atoms. The van der Waals surface area contributed by atoms with E-state index in [1.165, 1.54) is 11.1 Å². The van der Waals surface area contributed by atoms with Crippen molar-refractivity contribution < 1.29 is 0 Å². The summed E-state index contributed by atoms with van der Waals surface area (Å²) in [7, 11) is 0. The molecule has 0 unspecified atom stereocenters. The van der Waals surface area contributed by atoms with Gasteiger partial charge in [-0.15, -0.1) is 0 Å². The van der Waals surface area contributed by atoms with E-state index in [2.05, 4.69) is 71.5 Å². The van der Waals surface area contributed by atoms with E-state index in [-0.39, 0.29) is 5.41 Å². The van der Waals surface area contributed by atoms with E-state index in [4.69, 9.17) is 0 Å². The Balaban J connectivity index is 0.000000220. The Hall–Kier alpha value is -2.15. The molecule has 0 radical (unpaired) electrons. The standard InChI is InChI=1S/C11H12.C10H15N/c1-4-10(3)11-7-5-6-9(2)8-11;1-7-6-11-9(7)8(2)10(3,4)5/h4-8H,1,3H2,2H3;6H,2H2,1,3-5H3. The molecule has 0 fully saturated rings. The van der Waals surface area contributed by atoms with Crippen LogP contribution in [0.3, 0.4) is 0 Å². The van der Waals surface area contributed by atoms with Crippen LogP contribution in [0.1, 0.15) is 38.8 Å². The van der Waals surface area contributed by atoms with Gasteiger partial charge in [-0.1, -0.05) is 76.4 Å². The number of nitrogens with zero attached hydrogens (tertiary/aromatic N) is 1. The Labute approximate surface area is 135 Å². The van der Waals surface area contributed by atoms with Crippen molar-refractivity contribution in [2.24, 2.45) is 10.4 Å². The lowest BCUT2D eigenvalue weighted by Gasteiger charge is -2.25. The maximum Gasteiger partial charge on any atom is 0.0705 e. The third kappa shape index (κ3) is 4.70. The van der Waals surface area contributed by atoms with Crippen LogP contribution in [-0.2, 0) is 0 Å². The highest BCUT2D eigenvalue weighted by molar-refractivity contribution is 5.88. The average Bonchev–Trinajstić information content (AvgIpc) is 2.44. The highest BCUT2D eigenvalue weighted by Crippen LogP contribution is 2.34. The number of hydrogen-bond donors (Lipinski definition) is 0. The maximum atomic E-state index is 4.17. The van der Waals surface area contributed by atoms with E-state index >= 15 is 0 Å². The molecular weight excluding hydrogens is 266 g/mol. The van der Waals surface area contributed by atoms with Crippen LogP contribution in [0.4, 0.5) is 0 Å². The Kier molecular flexibility index (Phi) is 5.87. The number of allylic oxidation sites excluding steroid dienone is 4. The molecule has 0 bridgehead atoms. The number of aryl methyl sites for hydroxylation is 1. The summed E-state index contributed by atoms with van der Waals surface area (Å²) in [6, 6.07) is 8.24. The summed E-state index contributed by atoms with van der Waals surface area (Å²) >= 11 is 0. The fourth-order valence-electron chi connectivity index (χ4n) is 1.89. The van der Waals surface area contributed by atoms with Gasteiger partial charge in [-0.2, -0.15) is 0 Å². The van der Waals surface area contributed by atoms with Gasteiger partial charge in [0.05, 0.1) is 5.70 Å². The quantitative estimate of drug-likeness (QED) is 0.593. The molecule has 0 N–H and O–H groups in total.